The van der Waals surface area contributed by atoms with E-state index in [1.165, 1.54) is 11.3 Å². The molecule has 0 radical (unpaired) electrons. The third-order valence-electron chi connectivity index (χ3n) is 2.08. The number of carbonyl (C=O) groups is 1. The van der Waals surface area contributed by atoms with Crippen molar-refractivity contribution in [3.05, 3.63) is 36.7 Å². The quantitative estimate of drug-likeness (QED) is 0.844. The van der Waals surface area contributed by atoms with Crippen LogP contribution < -0.4 is 5.32 Å². The van der Waals surface area contributed by atoms with E-state index in [0.29, 0.717) is 10.8 Å². The van der Waals surface area contributed by atoms with Crippen LogP contribution in [-0.2, 0) is 0 Å². The molecule has 0 aliphatic heterocycles. The third-order valence-corrected chi connectivity index (χ3v) is 5.33. The molecule has 0 saturated carbocycles. The van der Waals surface area contributed by atoms with E-state index in [9.17, 15) is 4.79 Å². The van der Waals surface area contributed by atoms with Gasteiger partial charge in [-0.05, 0) is 57.8 Å². The van der Waals surface area contributed by atoms with Crippen molar-refractivity contribution in [2.75, 3.05) is 5.32 Å². The molecule has 0 spiro atoms. The Bertz CT molecular complexity index is 573. The second kappa shape index (κ2) is 5.46. The normalized spacial score (nSPS) is 10.4. The maximum atomic E-state index is 12.0. The zero-order valence-corrected chi connectivity index (χ0v) is 13.6. The van der Waals surface area contributed by atoms with Crippen molar-refractivity contribution < 1.29 is 4.79 Å². The van der Waals surface area contributed by atoms with Crippen LogP contribution in [0.1, 0.15) is 21.1 Å². The van der Waals surface area contributed by atoms with Gasteiger partial charge in [-0.1, -0.05) is 0 Å². The predicted octanol–water partition coefficient (Wildman–Crippen LogP) is 3.93. The molecule has 0 bridgehead atoms. The molecule has 0 saturated heterocycles. The van der Waals surface area contributed by atoms with Gasteiger partial charge in [-0.15, -0.1) is 11.3 Å². The first-order valence-electron chi connectivity index (χ1n) is 5.04. The van der Waals surface area contributed by atoms with Gasteiger partial charge in [-0.25, -0.2) is 9.97 Å². The number of hydrogen-bond acceptors (Lipinski definition) is 4. The number of rotatable bonds is 2. The summed E-state index contributed by atoms with van der Waals surface area (Å²) in [5.74, 6) is 0.120. The van der Waals surface area contributed by atoms with Gasteiger partial charge in [-0.2, -0.15) is 0 Å². The topological polar surface area (TPSA) is 54.9 Å². The predicted molar refractivity (Wildman–Crippen MR) is 79.2 cm³/mol. The van der Waals surface area contributed by atoms with Crippen LogP contribution in [0.25, 0.3) is 0 Å². The number of carbonyl (C=O) groups excluding carboxylic acids is 1. The number of anilines is 1. The highest BCUT2D eigenvalue weighted by molar-refractivity contribution is 9.13. The van der Waals surface area contributed by atoms with Crippen molar-refractivity contribution in [2.24, 2.45) is 0 Å². The van der Waals surface area contributed by atoms with Crippen LogP contribution >= 0.6 is 43.2 Å². The SMILES string of the molecule is Cc1cc(C)nc(NC(=O)c2cc(Br)c(Br)s2)n1. The van der Waals surface area contributed by atoms with Gasteiger partial charge in [0.05, 0.1) is 8.66 Å². The molecule has 0 aliphatic carbocycles. The lowest BCUT2D eigenvalue weighted by molar-refractivity contribution is 0.102. The van der Waals surface area contributed by atoms with E-state index in [2.05, 4.69) is 47.1 Å². The van der Waals surface area contributed by atoms with Crippen molar-refractivity contribution in [1.82, 2.24) is 9.97 Å². The van der Waals surface area contributed by atoms with Crippen LogP contribution in [0.15, 0.2) is 20.4 Å². The molecular formula is C11H9Br2N3OS. The molecule has 1 N–H and O–H groups in total. The van der Waals surface area contributed by atoms with E-state index < -0.39 is 0 Å². The molecule has 0 unspecified atom stereocenters. The lowest BCUT2D eigenvalue weighted by atomic mass is 10.3. The zero-order valence-electron chi connectivity index (χ0n) is 9.62. The second-order valence-electron chi connectivity index (χ2n) is 3.66. The van der Waals surface area contributed by atoms with Gasteiger partial charge in [0.25, 0.3) is 5.91 Å². The van der Waals surface area contributed by atoms with Gasteiger partial charge in [0, 0.05) is 15.9 Å². The number of nitrogens with zero attached hydrogens (tertiary/aromatic N) is 2. The number of nitrogens with one attached hydrogen (secondary N) is 1. The second-order valence-corrected chi connectivity index (χ2v) is 6.89. The highest BCUT2D eigenvalue weighted by atomic mass is 79.9. The molecule has 2 aromatic heterocycles. The smallest absolute Gasteiger partial charge is 0.268 e. The molecule has 1 amide bonds. The molecule has 2 heterocycles. The summed E-state index contributed by atoms with van der Waals surface area (Å²) < 4.78 is 1.74. The van der Waals surface area contributed by atoms with Crippen molar-refractivity contribution >= 4 is 55.1 Å². The van der Waals surface area contributed by atoms with Crippen LogP contribution in [0.5, 0.6) is 0 Å². The summed E-state index contributed by atoms with van der Waals surface area (Å²) in [6, 6.07) is 3.61. The van der Waals surface area contributed by atoms with Crippen molar-refractivity contribution in [3.8, 4) is 0 Å². The third kappa shape index (κ3) is 3.15. The van der Waals surface area contributed by atoms with Crippen molar-refractivity contribution in [1.29, 1.82) is 0 Å². The Balaban J connectivity index is 2.21. The minimum absolute atomic E-state index is 0.212. The number of halogens is 2. The maximum absolute atomic E-state index is 12.0. The number of amides is 1. The summed E-state index contributed by atoms with van der Waals surface area (Å²) >= 11 is 8.05. The molecular weight excluding hydrogens is 382 g/mol. The summed E-state index contributed by atoms with van der Waals surface area (Å²) in [4.78, 5) is 20.9. The van der Waals surface area contributed by atoms with Crippen LogP contribution in [0.2, 0.25) is 0 Å². The summed E-state index contributed by atoms with van der Waals surface area (Å²) in [7, 11) is 0. The average Bonchev–Trinajstić information content (AvgIpc) is 2.57. The first kappa shape index (κ1) is 13.6. The monoisotopic (exact) mass is 389 g/mol. The molecule has 0 aliphatic rings. The number of hydrogen-bond donors (Lipinski definition) is 1. The Hall–Kier alpha value is -0.790. The molecule has 18 heavy (non-hydrogen) atoms. The Morgan fingerprint density at radius 2 is 1.83 bits per heavy atom. The minimum Gasteiger partial charge on any atom is -0.290 e. The van der Waals surface area contributed by atoms with Crippen LogP contribution in [0.3, 0.4) is 0 Å². The minimum atomic E-state index is -0.212. The number of thiophene rings is 1. The van der Waals surface area contributed by atoms with E-state index >= 15 is 0 Å². The highest BCUT2D eigenvalue weighted by Crippen LogP contribution is 2.32. The molecule has 7 heteroatoms. The Morgan fingerprint density at radius 3 is 2.33 bits per heavy atom. The largest absolute Gasteiger partial charge is 0.290 e. The van der Waals surface area contributed by atoms with Crippen molar-refractivity contribution in [2.45, 2.75) is 13.8 Å². The Labute approximate surface area is 125 Å². The molecule has 2 aromatic rings. The van der Waals surface area contributed by atoms with E-state index in [1.807, 2.05) is 19.9 Å². The highest BCUT2D eigenvalue weighted by Gasteiger charge is 2.13. The first-order chi connectivity index (χ1) is 8.45. The Morgan fingerprint density at radius 1 is 1.22 bits per heavy atom. The van der Waals surface area contributed by atoms with Gasteiger partial charge in [-0.3, -0.25) is 10.1 Å². The zero-order chi connectivity index (χ0) is 13.3. The first-order valence-corrected chi connectivity index (χ1v) is 7.44. The van der Waals surface area contributed by atoms with Gasteiger partial charge >= 0.3 is 0 Å². The lowest BCUT2D eigenvalue weighted by Crippen LogP contribution is -2.13. The van der Waals surface area contributed by atoms with Gasteiger partial charge in [0.15, 0.2) is 0 Å². The summed E-state index contributed by atoms with van der Waals surface area (Å²) in [5.41, 5.74) is 1.65. The number of aromatic nitrogens is 2. The van der Waals surface area contributed by atoms with E-state index in [4.69, 9.17) is 0 Å². The summed E-state index contributed by atoms with van der Waals surface area (Å²) in [5, 5.41) is 2.69. The molecule has 2 rings (SSSR count). The van der Waals surface area contributed by atoms with E-state index in [1.54, 1.807) is 6.07 Å². The van der Waals surface area contributed by atoms with Crippen LogP contribution in [0.4, 0.5) is 5.95 Å². The van der Waals surface area contributed by atoms with Crippen LogP contribution in [-0.4, -0.2) is 15.9 Å². The fourth-order valence-electron chi connectivity index (χ4n) is 1.40. The molecule has 0 atom stereocenters. The molecule has 4 nitrogen and oxygen atoms in total. The van der Waals surface area contributed by atoms with Gasteiger partial charge in [0.1, 0.15) is 0 Å². The van der Waals surface area contributed by atoms with E-state index in [-0.39, 0.29) is 5.91 Å². The fraction of sp³-hybridized carbons (Fsp3) is 0.182. The summed E-state index contributed by atoms with van der Waals surface area (Å²) in [6.45, 7) is 3.73. The molecule has 94 valence electrons. The Kier molecular flexibility index (Phi) is 4.14. The van der Waals surface area contributed by atoms with Crippen LogP contribution in [0, 0.1) is 13.8 Å². The molecule has 0 fully saturated rings. The van der Waals surface area contributed by atoms with Crippen molar-refractivity contribution in [3.63, 3.8) is 0 Å². The van der Waals surface area contributed by atoms with E-state index in [0.717, 1.165) is 19.6 Å². The van der Waals surface area contributed by atoms with Gasteiger partial charge < -0.3 is 0 Å². The average molecular weight is 391 g/mol. The van der Waals surface area contributed by atoms with Gasteiger partial charge in [0.2, 0.25) is 5.95 Å². The number of aryl methyl sites for hydroxylation is 2. The standard InChI is InChI=1S/C11H9Br2N3OS/c1-5-3-6(2)15-11(14-5)16-10(17)8-4-7(12)9(13)18-8/h3-4H,1-2H3,(H,14,15,16,17). The fourth-order valence-corrected chi connectivity index (χ4v) is 3.33. The maximum Gasteiger partial charge on any atom is 0.268 e. The summed E-state index contributed by atoms with van der Waals surface area (Å²) in [6.07, 6.45) is 0. The lowest BCUT2D eigenvalue weighted by Gasteiger charge is -2.03. The molecule has 0 aromatic carbocycles.